The molecule has 0 amide bonds. The molecule has 1 rings (SSSR count). The standard InChI is InChI=1S/C10H8N4/c1-7-5-10(14-12-3)8(2)4-9(7)13-6-11/h4-5H,1-2H3/b13-9?,14-10+. The molecule has 4 heteroatoms. The van der Waals surface area contributed by atoms with Crippen LogP contribution in [-0.2, 0) is 0 Å². The molecule has 0 atom stereocenters. The average molecular weight is 184 g/mol. The monoisotopic (exact) mass is 184 g/mol. The third-order valence-electron chi connectivity index (χ3n) is 1.84. The van der Waals surface area contributed by atoms with Crippen LogP contribution in [0, 0.1) is 18.0 Å². The molecule has 0 spiro atoms. The number of nitrogens with zero attached hydrogens (tertiary/aromatic N) is 4. The first-order chi connectivity index (χ1) is 6.69. The van der Waals surface area contributed by atoms with Crippen molar-refractivity contribution < 1.29 is 0 Å². The maximum atomic E-state index is 8.42. The van der Waals surface area contributed by atoms with E-state index in [1.165, 1.54) is 0 Å². The zero-order valence-corrected chi connectivity index (χ0v) is 7.94. The van der Waals surface area contributed by atoms with E-state index in [0.29, 0.717) is 11.4 Å². The first kappa shape index (κ1) is 9.88. The van der Waals surface area contributed by atoms with Gasteiger partial charge in [-0.05, 0) is 37.1 Å². The van der Waals surface area contributed by atoms with Gasteiger partial charge < -0.3 is 0 Å². The van der Waals surface area contributed by atoms with Crippen LogP contribution in [0.25, 0.3) is 4.95 Å². The van der Waals surface area contributed by atoms with Gasteiger partial charge in [-0.25, -0.2) is 0 Å². The Morgan fingerprint density at radius 1 is 1.29 bits per heavy atom. The smallest absolute Gasteiger partial charge is 0.181 e. The molecule has 0 bridgehead atoms. The summed E-state index contributed by atoms with van der Waals surface area (Å²) in [5.41, 5.74) is 2.96. The highest BCUT2D eigenvalue weighted by atomic mass is 15.2. The summed E-state index contributed by atoms with van der Waals surface area (Å²) in [4.78, 5) is 6.62. The fourth-order valence-electron chi connectivity index (χ4n) is 1.12. The summed E-state index contributed by atoms with van der Waals surface area (Å²) in [6, 6.07) is 0. The van der Waals surface area contributed by atoms with E-state index in [9.17, 15) is 0 Å². The quantitative estimate of drug-likeness (QED) is 0.246. The predicted molar refractivity (Wildman–Crippen MR) is 54.6 cm³/mol. The van der Waals surface area contributed by atoms with E-state index in [2.05, 4.69) is 15.0 Å². The second-order valence-corrected chi connectivity index (χ2v) is 2.84. The van der Waals surface area contributed by atoms with Crippen LogP contribution in [-0.4, -0.2) is 11.4 Å². The lowest BCUT2D eigenvalue weighted by Gasteiger charge is -2.07. The summed E-state index contributed by atoms with van der Waals surface area (Å²) in [5, 5.41) is 12.1. The molecule has 0 heterocycles. The number of rotatable bonds is 0. The van der Waals surface area contributed by atoms with Gasteiger partial charge in [-0.15, -0.1) is 4.95 Å². The van der Waals surface area contributed by atoms with E-state index in [-0.39, 0.29) is 0 Å². The zero-order valence-electron chi connectivity index (χ0n) is 7.94. The summed E-state index contributed by atoms with van der Waals surface area (Å²) in [6.45, 7) is 10.3. The van der Waals surface area contributed by atoms with E-state index >= 15 is 0 Å². The highest BCUT2D eigenvalue weighted by molar-refractivity contribution is 6.23. The highest BCUT2D eigenvalue weighted by Gasteiger charge is 2.12. The van der Waals surface area contributed by atoms with Gasteiger partial charge in [0.25, 0.3) is 0 Å². The number of aliphatic imine (C=N–C) groups is 1. The Morgan fingerprint density at radius 3 is 2.43 bits per heavy atom. The maximum Gasteiger partial charge on any atom is 0.206 e. The average Bonchev–Trinajstić information content (AvgIpc) is 2.14. The molecule has 0 aromatic rings. The van der Waals surface area contributed by atoms with Gasteiger partial charge in [-0.1, -0.05) is 0 Å². The van der Waals surface area contributed by atoms with Crippen LogP contribution in [0.3, 0.4) is 0 Å². The number of allylic oxidation sites excluding steroid dienone is 4. The third kappa shape index (κ3) is 1.94. The van der Waals surface area contributed by atoms with Crippen LogP contribution in [0.15, 0.2) is 33.4 Å². The molecule has 0 aromatic carbocycles. The molecule has 0 N–H and O–H groups in total. The van der Waals surface area contributed by atoms with Crippen molar-refractivity contribution in [3.8, 4) is 6.19 Å². The van der Waals surface area contributed by atoms with Gasteiger partial charge in [0.15, 0.2) is 0 Å². The number of nitriles is 1. The zero-order chi connectivity index (χ0) is 10.6. The van der Waals surface area contributed by atoms with Crippen molar-refractivity contribution in [3.63, 3.8) is 0 Å². The van der Waals surface area contributed by atoms with Crippen LogP contribution >= 0.6 is 0 Å². The predicted octanol–water partition coefficient (Wildman–Crippen LogP) is 2.09. The lowest BCUT2D eigenvalue weighted by molar-refractivity contribution is 1.40. The van der Waals surface area contributed by atoms with Crippen LogP contribution in [0.1, 0.15) is 13.8 Å². The van der Waals surface area contributed by atoms with E-state index in [4.69, 9.17) is 11.8 Å². The van der Waals surface area contributed by atoms with Crippen molar-refractivity contribution in [1.29, 1.82) is 5.26 Å². The first-order valence-corrected chi connectivity index (χ1v) is 3.97. The van der Waals surface area contributed by atoms with E-state index in [1.807, 2.05) is 13.8 Å². The molecule has 0 radical (unpaired) electrons. The van der Waals surface area contributed by atoms with E-state index < -0.39 is 0 Å². The minimum absolute atomic E-state index is 0.633. The van der Waals surface area contributed by atoms with Crippen molar-refractivity contribution in [2.24, 2.45) is 10.1 Å². The fraction of sp³-hybridized carbons (Fsp3) is 0.200. The van der Waals surface area contributed by atoms with Crippen LogP contribution in [0.4, 0.5) is 0 Å². The van der Waals surface area contributed by atoms with E-state index in [0.717, 1.165) is 11.1 Å². The van der Waals surface area contributed by atoms with Crippen molar-refractivity contribution >= 4 is 11.4 Å². The molecule has 68 valence electrons. The molecule has 1 aliphatic carbocycles. The molecule has 0 saturated heterocycles. The van der Waals surface area contributed by atoms with Gasteiger partial charge in [0, 0.05) is 0 Å². The topological polar surface area (TPSA) is 52.9 Å². The van der Waals surface area contributed by atoms with Gasteiger partial charge in [-0.3, -0.25) is 0 Å². The maximum absolute atomic E-state index is 8.42. The van der Waals surface area contributed by atoms with Gasteiger partial charge >= 0.3 is 0 Å². The summed E-state index contributed by atoms with van der Waals surface area (Å²) in [6.07, 6.45) is 5.24. The molecule has 4 nitrogen and oxygen atoms in total. The fourth-order valence-corrected chi connectivity index (χ4v) is 1.12. The van der Waals surface area contributed by atoms with Crippen LogP contribution < -0.4 is 0 Å². The molecular formula is C10H8N4. The van der Waals surface area contributed by atoms with Crippen molar-refractivity contribution in [2.75, 3.05) is 0 Å². The van der Waals surface area contributed by atoms with Gasteiger partial charge in [0.1, 0.15) is 5.71 Å². The Hall–Kier alpha value is -2.20. The molecule has 0 aliphatic heterocycles. The highest BCUT2D eigenvalue weighted by Crippen LogP contribution is 2.13. The van der Waals surface area contributed by atoms with Gasteiger partial charge in [-0.2, -0.15) is 16.8 Å². The molecular weight excluding hydrogens is 176 g/mol. The number of hydrogen-bond donors (Lipinski definition) is 0. The van der Waals surface area contributed by atoms with Crippen molar-refractivity contribution in [2.45, 2.75) is 13.8 Å². The second-order valence-electron chi connectivity index (χ2n) is 2.84. The summed E-state index contributed by atoms with van der Waals surface area (Å²) in [5.74, 6) is 0. The van der Waals surface area contributed by atoms with Crippen molar-refractivity contribution in [1.82, 2.24) is 0 Å². The third-order valence-corrected chi connectivity index (χ3v) is 1.84. The molecule has 0 saturated carbocycles. The molecule has 0 fully saturated rings. The summed E-state index contributed by atoms with van der Waals surface area (Å²) >= 11 is 0. The largest absolute Gasteiger partial charge is 0.206 e. The van der Waals surface area contributed by atoms with Crippen LogP contribution in [0.5, 0.6) is 0 Å². The number of hydrogen-bond acceptors (Lipinski definition) is 3. The Morgan fingerprint density at radius 2 is 1.86 bits per heavy atom. The molecule has 14 heavy (non-hydrogen) atoms. The Balaban J connectivity index is 3.17. The normalized spacial score (nSPS) is 21.1. The lowest BCUT2D eigenvalue weighted by Crippen LogP contribution is -2.09. The Bertz CT molecular complexity index is 405. The summed E-state index contributed by atoms with van der Waals surface area (Å²) < 4.78 is 0. The SMILES string of the molecule is [C-]#[N+]/N=C1\C=C(C)C(=NC#N)C=C1C. The second kappa shape index (κ2) is 4.15. The molecule has 1 aliphatic rings. The summed E-state index contributed by atoms with van der Waals surface area (Å²) in [7, 11) is 0. The van der Waals surface area contributed by atoms with Crippen molar-refractivity contribution in [3.05, 3.63) is 34.8 Å². The van der Waals surface area contributed by atoms with E-state index in [1.54, 1.807) is 18.3 Å². The lowest BCUT2D eigenvalue weighted by atomic mass is 9.98. The Kier molecular flexibility index (Phi) is 2.93. The van der Waals surface area contributed by atoms with Gasteiger partial charge in [0.2, 0.25) is 6.19 Å². The Labute approximate surface area is 82.4 Å². The molecule has 0 aromatic heterocycles. The first-order valence-electron chi connectivity index (χ1n) is 3.97. The minimum atomic E-state index is 0.633. The van der Waals surface area contributed by atoms with Crippen LogP contribution in [0.2, 0.25) is 0 Å². The minimum Gasteiger partial charge on any atom is -0.181 e. The molecule has 0 unspecified atom stereocenters. The van der Waals surface area contributed by atoms with Gasteiger partial charge in [0.05, 0.1) is 10.8 Å².